The molecule has 0 amide bonds. The number of rotatable bonds is 1. The fourth-order valence-electron chi connectivity index (χ4n) is 1.80. The largest absolute Gasteiger partial charge is 0.398 e. The summed E-state index contributed by atoms with van der Waals surface area (Å²) >= 11 is 1.81. The molecule has 0 aliphatic heterocycles. The monoisotopic (exact) mass is 217 g/mol. The molecule has 0 unspecified atom stereocenters. The first-order chi connectivity index (χ1) is 7.08. The van der Waals surface area contributed by atoms with Crippen LogP contribution in [0, 0.1) is 20.8 Å². The molecule has 1 nitrogen and oxygen atoms in total. The molecule has 0 fully saturated rings. The van der Waals surface area contributed by atoms with Crippen LogP contribution in [0.3, 0.4) is 0 Å². The summed E-state index contributed by atoms with van der Waals surface area (Å²) in [5.41, 5.74) is 10.6. The molecule has 1 heterocycles. The van der Waals surface area contributed by atoms with Crippen molar-refractivity contribution in [3.05, 3.63) is 40.3 Å². The van der Waals surface area contributed by atoms with Gasteiger partial charge in [-0.15, -0.1) is 11.3 Å². The summed E-state index contributed by atoms with van der Waals surface area (Å²) in [5, 5.41) is 0. The zero-order valence-electron chi connectivity index (χ0n) is 9.29. The van der Waals surface area contributed by atoms with Gasteiger partial charge in [0.25, 0.3) is 0 Å². The predicted octanol–water partition coefficient (Wildman–Crippen LogP) is 3.92. The molecule has 0 aliphatic rings. The van der Waals surface area contributed by atoms with Crippen LogP contribution < -0.4 is 5.73 Å². The van der Waals surface area contributed by atoms with Gasteiger partial charge in [-0.1, -0.05) is 12.1 Å². The van der Waals surface area contributed by atoms with E-state index in [-0.39, 0.29) is 0 Å². The number of anilines is 1. The lowest BCUT2D eigenvalue weighted by atomic mass is 10.1. The maximum absolute atomic E-state index is 6.04. The number of benzene rings is 1. The molecule has 0 aliphatic carbocycles. The minimum atomic E-state index is 0.875. The molecule has 0 atom stereocenters. The van der Waals surface area contributed by atoms with E-state index in [1.807, 2.05) is 17.4 Å². The van der Waals surface area contributed by atoms with Crippen molar-refractivity contribution in [2.24, 2.45) is 0 Å². The van der Waals surface area contributed by atoms with E-state index in [9.17, 15) is 0 Å². The van der Waals surface area contributed by atoms with Gasteiger partial charge in [0.2, 0.25) is 0 Å². The van der Waals surface area contributed by atoms with Crippen molar-refractivity contribution in [2.75, 3.05) is 5.73 Å². The zero-order valence-corrected chi connectivity index (χ0v) is 10.1. The highest BCUT2D eigenvalue weighted by molar-refractivity contribution is 7.15. The van der Waals surface area contributed by atoms with Crippen LogP contribution in [0.1, 0.15) is 16.0 Å². The van der Waals surface area contributed by atoms with Crippen molar-refractivity contribution < 1.29 is 0 Å². The van der Waals surface area contributed by atoms with E-state index in [1.54, 1.807) is 0 Å². The highest BCUT2D eigenvalue weighted by Gasteiger charge is 2.08. The number of aryl methyl sites for hydroxylation is 3. The maximum atomic E-state index is 6.04. The number of nitrogens with two attached hydrogens (primary N) is 1. The SMILES string of the molecule is Cc1ccc(-c2sc(C)cc2C)c(N)c1. The maximum Gasteiger partial charge on any atom is 0.0404 e. The Morgan fingerprint density at radius 2 is 1.80 bits per heavy atom. The third-order valence-electron chi connectivity index (χ3n) is 2.49. The molecule has 2 aromatic rings. The average Bonchev–Trinajstić information content (AvgIpc) is 2.45. The van der Waals surface area contributed by atoms with Gasteiger partial charge in [-0.2, -0.15) is 0 Å². The highest BCUT2D eigenvalue weighted by Crippen LogP contribution is 2.35. The third kappa shape index (κ3) is 1.90. The molecule has 0 spiro atoms. The van der Waals surface area contributed by atoms with Crippen molar-refractivity contribution in [1.82, 2.24) is 0 Å². The van der Waals surface area contributed by atoms with Crippen LogP contribution >= 0.6 is 11.3 Å². The molecule has 1 aromatic heterocycles. The van der Waals surface area contributed by atoms with Crippen LogP contribution in [0.2, 0.25) is 0 Å². The Morgan fingerprint density at radius 1 is 1.07 bits per heavy atom. The number of nitrogen functional groups attached to an aromatic ring is 1. The normalized spacial score (nSPS) is 10.6. The van der Waals surface area contributed by atoms with Crippen LogP contribution in [-0.2, 0) is 0 Å². The number of hydrogen-bond acceptors (Lipinski definition) is 2. The van der Waals surface area contributed by atoms with Crippen LogP contribution in [-0.4, -0.2) is 0 Å². The van der Waals surface area contributed by atoms with Crippen molar-refractivity contribution in [2.45, 2.75) is 20.8 Å². The molecule has 1 aromatic carbocycles. The van der Waals surface area contributed by atoms with Crippen LogP contribution in [0.5, 0.6) is 0 Å². The lowest BCUT2D eigenvalue weighted by molar-refractivity contribution is 1.46. The summed E-state index contributed by atoms with van der Waals surface area (Å²) in [6.07, 6.45) is 0. The minimum absolute atomic E-state index is 0.875. The smallest absolute Gasteiger partial charge is 0.0404 e. The van der Waals surface area contributed by atoms with Gasteiger partial charge in [0.1, 0.15) is 0 Å². The lowest BCUT2D eigenvalue weighted by Gasteiger charge is -2.05. The van der Waals surface area contributed by atoms with E-state index in [1.165, 1.54) is 20.9 Å². The summed E-state index contributed by atoms with van der Waals surface area (Å²) in [5.74, 6) is 0. The van der Waals surface area contributed by atoms with E-state index in [0.717, 1.165) is 11.3 Å². The summed E-state index contributed by atoms with van der Waals surface area (Å²) in [7, 11) is 0. The Hall–Kier alpha value is -1.28. The molecule has 15 heavy (non-hydrogen) atoms. The number of thiophene rings is 1. The van der Waals surface area contributed by atoms with Gasteiger partial charge in [0.05, 0.1) is 0 Å². The Bertz CT molecular complexity index is 497. The fourth-order valence-corrected chi connectivity index (χ4v) is 2.87. The second-order valence-corrected chi connectivity index (χ2v) is 5.22. The van der Waals surface area contributed by atoms with E-state index < -0.39 is 0 Å². The molecule has 2 heteroatoms. The molecule has 2 rings (SSSR count). The summed E-state index contributed by atoms with van der Waals surface area (Å²) in [4.78, 5) is 2.63. The zero-order chi connectivity index (χ0) is 11.0. The van der Waals surface area contributed by atoms with Crippen molar-refractivity contribution in [1.29, 1.82) is 0 Å². The van der Waals surface area contributed by atoms with E-state index in [4.69, 9.17) is 5.73 Å². The fraction of sp³-hybridized carbons (Fsp3) is 0.231. The Morgan fingerprint density at radius 3 is 2.33 bits per heavy atom. The highest BCUT2D eigenvalue weighted by atomic mass is 32.1. The Balaban J connectivity index is 2.59. The molecule has 0 radical (unpaired) electrons. The third-order valence-corrected chi connectivity index (χ3v) is 3.68. The minimum Gasteiger partial charge on any atom is -0.398 e. The molecule has 0 saturated carbocycles. The van der Waals surface area contributed by atoms with Crippen molar-refractivity contribution in [3.63, 3.8) is 0 Å². The van der Waals surface area contributed by atoms with E-state index in [2.05, 4.69) is 39.0 Å². The molecular formula is C13H15NS. The Kier molecular flexibility index (Phi) is 2.53. The van der Waals surface area contributed by atoms with Gasteiger partial charge in [0, 0.05) is 21.0 Å². The molecule has 0 saturated heterocycles. The lowest BCUT2D eigenvalue weighted by Crippen LogP contribution is -1.90. The second-order valence-electron chi connectivity index (χ2n) is 3.96. The first-order valence-electron chi connectivity index (χ1n) is 5.01. The van der Waals surface area contributed by atoms with Crippen LogP contribution in [0.15, 0.2) is 24.3 Å². The van der Waals surface area contributed by atoms with Gasteiger partial charge in [0.15, 0.2) is 0 Å². The summed E-state index contributed by atoms with van der Waals surface area (Å²) in [6.45, 7) is 6.33. The van der Waals surface area contributed by atoms with Gasteiger partial charge < -0.3 is 5.73 Å². The van der Waals surface area contributed by atoms with Crippen LogP contribution in [0.25, 0.3) is 10.4 Å². The summed E-state index contributed by atoms with van der Waals surface area (Å²) < 4.78 is 0. The number of hydrogen-bond donors (Lipinski definition) is 1. The Labute approximate surface area is 94.6 Å². The molecule has 2 N–H and O–H groups in total. The molecule has 78 valence electrons. The topological polar surface area (TPSA) is 26.0 Å². The van der Waals surface area contributed by atoms with Crippen molar-refractivity contribution >= 4 is 17.0 Å². The molecular weight excluding hydrogens is 202 g/mol. The molecule has 0 bridgehead atoms. The quantitative estimate of drug-likeness (QED) is 0.720. The van der Waals surface area contributed by atoms with E-state index in [0.29, 0.717) is 0 Å². The second kappa shape index (κ2) is 3.70. The first kappa shape index (κ1) is 10.2. The van der Waals surface area contributed by atoms with Gasteiger partial charge in [-0.3, -0.25) is 0 Å². The average molecular weight is 217 g/mol. The van der Waals surface area contributed by atoms with E-state index >= 15 is 0 Å². The van der Waals surface area contributed by atoms with Gasteiger partial charge in [-0.25, -0.2) is 0 Å². The standard InChI is InChI=1S/C13H15NS/c1-8-4-5-11(12(14)6-8)13-9(2)7-10(3)15-13/h4-7H,14H2,1-3H3. The van der Waals surface area contributed by atoms with Crippen molar-refractivity contribution in [3.8, 4) is 10.4 Å². The van der Waals surface area contributed by atoms with Gasteiger partial charge >= 0.3 is 0 Å². The summed E-state index contributed by atoms with van der Waals surface area (Å²) in [6, 6.07) is 8.46. The first-order valence-corrected chi connectivity index (χ1v) is 5.83. The van der Waals surface area contributed by atoms with Crippen LogP contribution in [0.4, 0.5) is 5.69 Å². The predicted molar refractivity (Wildman–Crippen MR) is 68.4 cm³/mol. The van der Waals surface area contributed by atoms with Gasteiger partial charge in [-0.05, 0) is 44.0 Å².